The molecule has 0 bridgehead atoms. The molecule has 0 fully saturated rings. The zero-order valence-electron chi connectivity index (χ0n) is 8.11. The molecule has 6 heteroatoms. The van der Waals surface area contributed by atoms with E-state index in [-0.39, 0.29) is 5.95 Å². The SMILES string of the molecule is Cc1ccc2nc(NCC(F)F)nn2c1. The summed E-state index contributed by atoms with van der Waals surface area (Å²) in [5, 5.41) is 6.47. The van der Waals surface area contributed by atoms with Gasteiger partial charge in [0.25, 0.3) is 6.43 Å². The second-order valence-corrected chi connectivity index (χ2v) is 3.22. The fourth-order valence-corrected chi connectivity index (χ4v) is 1.23. The summed E-state index contributed by atoms with van der Waals surface area (Å²) in [5.74, 6) is 0.223. The zero-order chi connectivity index (χ0) is 10.8. The molecule has 0 radical (unpaired) electrons. The molecule has 4 nitrogen and oxygen atoms in total. The van der Waals surface area contributed by atoms with Crippen LogP contribution in [0, 0.1) is 6.92 Å². The van der Waals surface area contributed by atoms with Gasteiger partial charge in [0, 0.05) is 6.20 Å². The molecule has 0 saturated carbocycles. The Labute approximate surface area is 84.9 Å². The van der Waals surface area contributed by atoms with Gasteiger partial charge in [-0.15, -0.1) is 5.10 Å². The first kappa shape index (κ1) is 9.82. The number of alkyl halides is 2. The minimum atomic E-state index is -2.40. The number of rotatable bonds is 3. The summed E-state index contributed by atoms with van der Waals surface area (Å²) in [7, 11) is 0. The van der Waals surface area contributed by atoms with Gasteiger partial charge in [-0.2, -0.15) is 4.98 Å². The van der Waals surface area contributed by atoms with Crippen molar-refractivity contribution in [1.82, 2.24) is 14.6 Å². The van der Waals surface area contributed by atoms with Crippen molar-refractivity contribution in [2.45, 2.75) is 13.3 Å². The summed E-state index contributed by atoms with van der Waals surface area (Å²) in [4.78, 5) is 4.03. The minimum absolute atomic E-state index is 0.223. The van der Waals surface area contributed by atoms with E-state index in [1.165, 1.54) is 0 Å². The van der Waals surface area contributed by atoms with Crippen molar-refractivity contribution in [2.75, 3.05) is 11.9 Å². The van der Waals surface area contributed by atoms with Crippen molar-refractivity contribution in [3.63, 3.8) is 0 Å². The lowest BCUT2D eigenvalue weighted by molar-refractivity contribution is 0.163. The lowest BCUT2D eigenvalue weighted by Gasteiger charge is -1.97. The molecule has 0 atom stereocenters. The number of aromatic nitrogens is 3. The van der Waals surface area contributed by atoms with Crippen LogP contribution in [-0.4, -0.2) is 27.6 Å². The molecule has 0 unspecified atom stereocenters. The maximum absolute atomic E-state index is 11.9. The van der Waals surface area contributed by atoms with Gasteiger partial charge >= 0.3 is 0 Å². The fraction of sp³-hybridized carbons (Fsp3) is 0.333. The third kappa shape index (κ3) is 2.20. The number of nitrogens with one attached hydrogen (secondary N) is 1. The number of anilines is 1. The van der Waals surface area contributed by atoms with Crippen molar-refractivity contribution in [1.29, 1.82) is 0 Å². The number of hydrogen-bond donors (Lipinski definition) is 1. The molecule has 2 aromatic rings. The molecule has 0 aliphatic heterocycles. The van der Waals surface area contributed by atoms with E-state index in [1.807, 2.05) is 13.0 Å². The smallest absolute Gasteiger partial charge is 0.255 e. The molecule has 15 heavy (non-hydrogen) atoms. The van der Waals surface area contributed by atoms with Crippen LogP contribution in [0.3, 0.4) is 0 Å². The number of halogens is 2. The van der Waals surface area contributed by atoms with Gasteiger partial charge in [-0.05, 0) is 18.6 Å². The molecule has 0 aliphatic rings. The van der Waals surface area contributed by atoms with Gasteiger partial charge in [-0.1, -0.05) is 6.07 Å². The quantitative estimate of drug-likeness (QED) is 0.842. The van der Waals surface area contributed by atoms with E-state index in [0.717, 1.165) is 5.56 Å². The highest BCUT2D eigenvalue weighted by atomic mass is 19.3. The summed E-state index contributed by atoms with van der Waals surface area (Å²) in [5.41, 5.74) is 1.67. The van der Waals surface area contributed by atoms with Gasteiger partial charge in [0.2, 0.25) is 5.95 Å². The fourth-order valence-electron chi connectivity index (χ4n) is 1.23. The molecule has 0 saturated heterocycles. The van der Waals surface area contributed by atoms with E-state index in [2.05, 4.69) is 15.4 Å². The molecular formula is C9H10F2N4. The Morgan fingerprint density at radius 3 is 3.00 bits per heavy atom. The number of aryl methyl sites for hydroxylation is 1. The van der Waals surface area contributed by atoms with E-state index in [1.54, 1.807) is 16.8 Å². The van der Waals surface area contributed by atoms with Crippen LogP contribution in [0.1, 0.15) is 5.56 Å². The van der Waals surface area contributed by atoms with Crippen molar-refractivity contribution >= 4 is 11.6 Å². The highest BCUT2D eigenvalue weighted by Crippen LogP contribution is 2.07. The molecule has 0 amide bonds. The average molecular weight is 212 g/mol. The van der Waals surface area contributed by atoms with Crippen LogP contribution in [0.25, 0.3) is 5.65 Å². The van der Waals surface area contributed by atoms with Crippen LogP contribution >= 0.6 is 0 Å². The third-order valence-electron chi connectivity index (χ3n) is 1.89. The van der Waals surface area contributed by atoms with Crippen LogP contribution in [-0.2, 0) is 0 Å². The van der Waals surface area contributed by atoms with Crippen LogP contribution in [0.15, 0.2) is 18.3 Å². The molecule has 0 spiro atoms. The lowest BCUT2D eigenvalue weighted by atomic mass is 10.3. The van der Waals surface area contributed by atoms with Gasteiger partial charge in [-0.3, -0.25) is 0 Å². The van der Waals surface area contributed by atoms with Crippen molar-refractivity contribution in [3.8, 4) is 0 Å². The molecule has 1 N–H and O–H groups in total. The van der Waals surface area contributed by atoms with Gasteiger partial charge in [0.05, 0.1) is 6.54 Å². The summed E-state index contributed by atoms with van der Waals surface area (Å²) < 4.78 is 25.4. The number of fused-ring (bicyclic) bond motifs is 1. The molecular weight excluding hydrogens is 202 g/mol. The Bertz CT molecular complexity index is 466. The van der Waals surface area contributed by atoms with E-state index in [0.29, 0.717) is 5.65 Å². The van der Waals surface area contributed by atoms with E-state index < -0.39 is 13.0 Å². The summed E-state index contributed by atoms with van der Waals surface area (Å²) >= 11 is 0. The van der Waals surface area contributed by atoms with Crippen molar-refractivity contribution in [2.24, 2.45) is 0 Å². The van der Waals surface area contributed by atoms with Crippen LogP contribution in [0.4, 0.5) is 14.7 Å². The summed E-state index contributed by atoms with van der Waals surface area (Å²) in [6.07, 6.45) is -0.617. The monoisotopic (exact) mass is 212 g/mol. The zero-order valence-corrected chi connectivity index (χ0v) is 8.11. The molecule has 2 heterocycles. The molecule has 80 valence electrons. The third-order valence-corrected chi connectivity index (χ3v) is 1.89. The van der Waals surface area contributed by atoms with E-state index >= 15 is 0 Å². The first-order chi connectivity index (χ1) is 7.15. The Morgan fingerprint density at radius 2 is 2.27 bits per heavy atom. The first-order valence-electron chi connectivity index (χ1n) is 4.50. The van der Waals surface area contributed by atoms with Gasteiger partial charge in [-0.25, -0.2) is 13.3 Å². The van der Waals surface area contributed by atoms with Crippen LogP contribution < -0.4 is 5.32 Å². The standard InChI is InChI=1S/C9H10F2N4/c1-6-2-3-8-13-9(12-4-7(10)11)14-15(8)5-6/h2-3,5,7H,4H2,1H3,(H,12,14). The van der Waals surface area contributed by atoms with Gasteiger partial charge in [0.15, 0.2) is 5.65 Å². The second-order valence-electron chi connectivity index (χ2n) is 3.22. The highest BCUT2D eigenvalue weighted by Gasteiger charge is 2.06. The van der Waals surface area contributed by atoms with Gasteiger partial charge in [0.1, 0.15) is 0 Å². The lowest BCUT2D eigenvalue weighted by Crippen LogP contribution is -2.11. The average Bonchev–Trinajstić information content (AvgIpc) is 2.56. The van der Waals surface area contributed by atoms with E-state index in [4.69, 9.17) is 0 Å². The minimum Gasteiger partial charge on any atom is -0.347 e. The topological polar surface area (TPSA) is 42.2 Å². The predicted octanol–water partition coefficient (Wildman–Crippen LogP) is 1.71. The highest BCUT2D eigenvalue weighted by molar-refractivity contribution is 5.44. The number of nitrogens with zero attached hydrogens (tertiary/aromatic N) is 3. The maximum atomic E-state index is 11.9. The molecule has 2 rings (SSSR count). The Hall–Kier alpha value is -1.72. The molecule has 2 aromatic heterocycles. The molecule has 0 aliphatic carbocycles. The Kier molecular flexibility index (Phi) is 2.49. The van der Waals surface area contributed by atoms with Gasteiger partial charge < -0.3 is 5.32 Å². The normalized spacial score (nSPS) is 11.2. The van der Waals surface area contributed by atoms with E-state index in [9.17, 15) is 8.78 Å². The van der Waals surface area contributed by atoms with Crippen LogP contribution in [0.5, 0.6) is 0 Å². The summed E-state index contributed by atoms with van der Waals surface area (Å²) in [6.45, 7) is 1.49. The van der Waals surface area contributed by atoms with Crippen molar-refractivity contribution < 1.29 is 8.78 Å². The second kappa shape index (κ2) is 3.80. The van der Waals surface area contributed by atoms with Crippen molar-refractivity contribution in [3.05, 3.63) is 23.9 Å². The maximum Gasteiger partial charge on any atom is 0.255 e. The summed E-state index contributed by atoms with van der Waals surface area (Å²) in [6, 6.07) is 3.68. The Balaban J connectivity index is 2.23. The number of pyridine rings is 1. The molecule has 0 aromatic carbocycles. The number of hydrogen-bond acceptors (Lipinski definition) is 3. The largest absolute Gasteiger partial charge is 0.347 e. The first-order valence-corrected chi connectivity index (χ1v) is 4.50. The Morgan fingerprint density at radius 1 is 1.47 bits per heavy atom. The van der Waals surface area contributed by atoms with Crippen LogP contribution in [0.2, 0.25) is 0 Å². The predicted molar refractivity (Wildman–Crippen MR) is 52.2 cm³/mol.